The first-order chi connectivity index (χ1) is 16.5. The summed E-state index contributed by atoms with van der Waals surface area (Å²) in [6.07, 6.45) is 3.02. The second kappa shape index (κ2) is 7.99. The summed E-state index contributed by atoms with van der Waals surface area (Å²) in [5.74, 6) is 0.501. The van der Waals surface area contributed by atoms with E-state index in [0.717, 1.165) is 30.0 Å². The van der Waals surface area contributed by atoms with Gasteiger partial charge in [-0.2, -0.15) is 0 Å². The second-order valence-electron chi connectivity index (χ2n) is 9.34. The molecule has 1 atom stereocenters. The Hall–Kier alpha value is -4.18. The molecule has 0 amide bonds. The van der Waals surface area contributed by atoms with E-state index in [4.69, 9.17) is 11.5 Å². The van der Waals surface area contributed by atoms with Crippen molar-refractivity contribution in [1.29, 1.82) is 0 Å². The molecule has 168 valence electrons. The molecule has 0 aliphatic carbocycles. The third-order valence-corrected chi connectivity index (χ3v) is 6.91. The predicted molar refractivity (Wildman–Crippen MR) is 143 cm³/mol. The van der Waals surface area contributed by atoms with Crippen LogP contribution in [0.1, 0.15) is 29.5 Å². The molecule has 0 bridgehead atoms. The van der Waals surface area contributed by atoms with Crippen LogP contribution in [0.25, 0.3) is 16.6 Å². The van der Waals surface area contributed by atoms with E-state index in [1.165, 1.54) is 39.0 Å². The van der Waals surface area contributed by atoms with Crippen LogP contribution in [0.4, 0.5) is 22.7 Å². The Kier molecular flexibility index (Phi) is 4.80. The molecule has 0 radical (unpaired) electrons. The van der Waals surface area contributed by atoms with E-state index in [1.54, 1.807) is 0 Å². The maximum Gasteiger partial charge on any atom is 0.0531 e. The van der Waals surface area contributed by atoms with E-state index in [0.29, 0.717) is 5.92 Å². The van der Waals surface area contributed by atoms with Crippen molar-refractivity contribution in [3.8, 4) is 5.69 Å². The molecule has 34 heavy (non-hydrogen) atoms. The van der Waals surface area contributed by atoms with Crippen LogP contribution >= 0.6 is 0 Å². The maximum atomic E-state index is 5.92. The van der Waals surface area contributed by atoms with Gasteiger partial charge in [0.15, 0.2) is 0 Å². The van der Waals surface area contributed by atoms with Crippen molar-refractivity contribution in [3.05, 3.63) is 114 Å². The zero-order valence-electron chi connectivity index (χ0n) is 19.3. The third-order valence-electron chi connectivity index (χ3n) is 6.91. The molecule has 4 nitrogen and oxygen atoms in total. The van der Waals surface area contributed by atoms with Gasteiger partial charge in [-0.05, 0) is 95.2 Å². The van der Waals surface area contributed by atoms with Crippen molar-refractivity contribution in [2.24, 2.45) is 0 Å². The highest BCUT2D eigenvalue weighted by molar-refractivity contribution is 5.83. The fourth-order valence-electron chi connectivity index (χ4n) is 5.10. The zero-order valence-corrected chi connectivity index (χ0v) is 19.3. The molecular formula is C30H28N4. The van der Waals surface area contributed by atoms with Crippen LogP contribution in [0.2, 0.25) is 0 Å². The number of aromatic nitrogens is 1. The molecule has 1 aliphatic rings. The van der Waals surface area contributed by atoms with Gasteiger partial charge in [-0.25, -0.2) is 0 Å². The topological polar surface area (TPSA) is 60.2 Å². The van der Waals surface area contributed by atoms with E-state index < -0.39 is 0 Å². The molecule has 1 unspecified atom stereocenters. The van der Waals surface area contributed by atoms with E-state index in [-0.39, 0.29) is 0 Å². The first kappa shape index (κ1) is 20.4. The zero-order chi connectivity index (χ0) is 23.2. The molecule has 0 saturated heterocycles. The molecule has 4 aromatic carbocycles. The number of benzene rings is 4. The Labute approximate surface area is 200 Å². The predicted octanol–water partition coefficient (Wildman–Crippen LogP) is 6.64. The van der Waals surface area contributed by atoms with Gasteiger partial charge in [-0.3, -0.25) is 0 Å². The lowest BCUT2D eigenvalue weighted by Gasteiger charge is -2.20. The van der Waals surface area contributed by atoms with Gasteiger partial charge in [-0.1, -0.05) is 31.2 Å². The van der Waals surface area contributed by atoms with Gasteiger partial charge in [0.05, 0.1) is 5.52 Å². The van der Waals surface area contributed by atoms with Crippen LogP contribution in [-0.4, -0.2) is 11.1 Å². The SMILES string of the molecule is CC1CN(c2ccc(N)cc2)c2cc(Cc3ccc4ccn(-c5ccc(N)cc5)c4c3)ccc21. The summed E-state index contributed by atoms with van der Waals surface area (Å²) in [7, 11) is 0. The lowest BCUT2D eigenvalue weighted by Crippen LogP contribution is -2.14. The number of nitrogens with zero attached hydrogens (tertiary/aromatic N) is 2. The maximum absolute atomic E-state index is 5.92. The van der Waals surface area contributed by atoms with Crippen LogP contribution in [-0.2, 0) is 6.42 Å². The van der Waals surface area contributed by atoms with Crippen molar-refractivity contribution >= 4 is 33.7 Å². The molecule has 0 fully saturated rings. The number of fused-ring (bicyclic) bond motifs is 2. The van der Waals surface area contributed by atoms with Crippen LogP contribution in [0, 0.1) is 0 Å². The molecule has 0 saturated carbocycles. The normalized spacial score (nSPS) is 15.1. The largest absolute Gasteiger partial charge is 0.399 e. The van der Waals surface area contributed by atoms with Crippen molar-refractivity contribution < 1.29 is 0 Å². The first-order valence-electron chi connectivity index (χ1n) is 11.8. The Morgan fingerprint density at radius 3 is 2.12 bits per heavy atom. The highest BCUT2D eigenvalue weighted by atomic mass is 15.2. The molecule has 0 spiro atoms. The van der Waals surface area contributed by atoms with Crippen molar-refractivity contribution in [1.82, 2.24) is 4.57 Å². The summed E-state index contributed by atoms with van der Waals surface area (Å²) in [5.41, 5.74) is 22.2. The number of rotatable bonds is 4. The summed E-state index contributed by atoms with van der Waals surface area (Å²) in [6.45, 7) is 3.29. The highest BCUT2D eigenvalue weighted by Crippen LogP contribution is 2.41. The van der Waals surface area contributed by atoms with Gasteiger partial charge in [0.1, 0.15) is 0 Å². The number of hydrogen-bond acceptors (Lipinski definition) is 3. The molecule has 6 rings (SSSR count). The minimum Gasteiger partial charge on any atom is -0.399 e. The van der Waals surface area contributed by atoms with Crippen LogP contribution in [0.15, 0.2) is 97.2 Å². The molecule has 4 heteroatoms. The Morgan fingerprint density at radius 1 is 0.735 bits per heavy atom. The Balaban J connectivity index is 1.33. The lowest BCUT2D eigenvalue weighted by atomic mass is 9.98. The average Bonchev–Trinajstić information content (AvgIpc) is 3.41. The summed E-state index contributed by atoms with van der Waals surface area (Å²) in [4.78, 5) is 2.42. The number of nitrogen functional groups attached to an aromatic ring is 2. The minimum atomic E-state index is 0.501. The fraction of sp³-hybridized carbons (Fsp3) is 0.133. The summed E-state index contributed by atoms with van der Waals surface area (Å²) in [5, 5.41) is 1.23. The fourth-order valence-corrected chi connectivity index (χ4v) is 5.10. The van der Waals surface area contributed by atoms with Gasteiger partial charge >= 0.3 is 0 Å². The van der Waals surface area contributed by atoms with Crippen LogP contribution in [0.3, 0.4) is 0 Å². The van der Waals surface area contributed by atoms with E-state index in [2.05, 4.69) is 89.3 Å². The van der Waals surface area contributed by atoms with Gasteiger partial charge in [0, 0.05) is 47.1 Å². The third kappa shape index (κ3) is 3.57. The van der Waals surface area contributed by atoms with Crippen LogP contribution < -0.4 is 16.4 Å². The molecule has 5 aromatic rings. The van der Waals surface area contributed by atoms with Gasteiger partial charge in [-0.15, -0.1) is 0 Å². The summed E-state index contributed by atoms with van der Waals surface area (Å²) < 4.78 is 2.23. The van der Waals surface area contributed by atoms with Gasteiger partial charge < -0.3 is 20.9 Å². The van der Waals surface area contributed by atoms with Gasteiger partial charge in [0.25, 0.3) is 0 Å². The van der Waals surface area contributed by atoms with E-state index in [1.807, 2.05) is 24.3 Å². The highest BCUT2D eigenvalue weighted by Gasteiger charge is 2.26. The number of hydrogen-bond donors (Lipinski definition) is 2. The summed E-state index contributed by atoms with van der Waals surface area (Å²) in [6, 6.07) is 32.1. The molecule has 2 heterocycles. The second-order valence-corrected chi connectivity index (χ2v) is 9.34. The number of anilines is 4. The molecule has 1 aromatic heterocycles. The lowest BCUT2D eigenvalue weighted by molar-refractivity contribution is 0.813. The van der Waals surface area contributed by atoms with Crippen molar-refractivity contribution in [3.63, 3.8) is 0 Å². The Bertz CT molecular complexity index is 1480. The first-order valence-corrected chi connectivity index (χ1v) is 11.8. The van der Waals surface area contributed by atoms with Gasteiger partial charge in [0.2, 0.25) is 0 Å². The smallest absolute Gasteiger partial charge is 0.0531 e. The molecule has 1 aliphatic heterocycles. The Morgan fingerprint density at radius 2 is 1.38 bits per heavy atom. The van der Waals surface area contributed by atoms with E-state index >= 15 is 0 Å². The standard InChI is InChI=1S/C30H28N4/c1-20-19-34(27-11-7-25(32)8-12-27)30-18-22(3-13-28(20)30)16-21-2-4-23-14-15-33(29(23)17-21)26-9-5-24(31)6-10-26/h2-15,17-18,20H,16,19,31-32H2,1H3. The minimum absolute atomic E-state index is 0.501. The molecule has 4 N–H and O–H groups in total. The monoisotopic (exact) mass is 444 g/mol. The number of nitrogens with two attached hydrogens (primary N) is 2. The quantitative estimate of drug-likeness (QED) is 0.305. The average molecular weight is 445 g/mol. The van der Waals surface area contributed by atoms with E-state index in [9.17, 15) is 0 Å². The summed E-state index contributed by atoms with van der Waals surface area (Å²) >= 11 is 0. The van der Waals surface area contributed by atoms with Crippen molar-refractivity contribution in [2.75, 3.05) is 22.9 Å². The van der Waals surface area contributed by atoms with Crippen molar-refractivity contribution in [2.45, 2.75) is 19.3 Å². The molecular weight excluding hydrogens is 416 g/mol. The van der Waals surface area contributed by atoms with Crippen LogP contribution in [0.5, 0.6) is 0 Å².